The molecule has 0 aromatic heterocycles. The molecule has 1 amide bonds. The third kappa shape index (κ3) is 5.33. The average Bonchev–Trinajstić information content (AvgIpc) is 2.51. The van der Waals surface area contributed by atoms with Gasteiger partial charge in [-0.3, -0.25) is 4.79 Å². The molecule has 0 heterocycles. The van der Waals surface area contributed by atoms with E-state index in [1.807, 2.05) is 31.2 Å². The first-order valence-corrected chi connectivity index (χ1v) is 7.89. The summed E-state index contributed by atoms with van der Waals surface area (Å²) in [4.78, 5) is 11.9. The zero-order chi connectivity index (χ0) is 17.5. The molecule has 0 fully saturated rings. The largest absolute Gasteiger partial charge is 0.494 e. The third-order valence-electron chi connectivity index (χ3n) is 3.61. The second-order valence-electron chi connectivity index (χ2n) is 5.72. The Kier molecular flexibility index (Phi) is 6.29. The van der Waals surface area contributed by atoms with Crippen LogP contribution in [0.1, 0.15) is 36.9 Å². The Balaban J connectivity index is 1.74. The highest BCUT2D eigenvalue weighted by atomic mass is 19.1. The van der Waals surface area contributed by atoms with Crippen LogP contribution in [0.2, 0.25) is 0 Å². The van der Waals surface area contributed by atoms with Gasteiger partial charge in [-0.15, -0.1) is 0 Å². The Morgan fingerprint density at radius 3 is 2.71 bits per heavy atom. The summed E-state index contributed by atoms with van der Waals surface area (Å²) in [5.74, 6) is -0.718. The predicted molar refractivity (Wildman–Crippen MR) is 88.8 cm³/mol. The van der Waals surface area contributed by atoms with Crippen LogP contribution >= 0.6 is 0 Å². The molecule has 2 aromatic carbocycles. The molecule has 1 atom stereocenters. The molecule has 128 valence electrons. The summed E-state index contributed by atoms with van der Waals surface area (Å²) in [7, 11) is 0. The van der Waals surface area contributed by atoms with Gasteiger partial charge in [-0.25, -0.2) is 8.78 Å². The fraction of sp³-hybridized carbons (Fsp3) is 0.316. The lowest BCUT2D eigenvalue weighted by Gasteiger charge is -2.15. The van der Waals surface area contributed by atoms with Gasteiger partial charge in [0.25, 0.3) is 0 Å². The smallest absolute Gasteiger partial charge is 0.220 e. The molecule has 0 aliphatic carbocycles. The topological polar surface area (TPSA) is 38.3 Å². The Bertz CT molecular complexity index is 704. The number of rotatable bonds is 7. The van der Waals surface area contributed by atoms with E-state index in [4.69, 9.17) is 4.74 Å². The number of ether oxygens (including phenoxy) is 1. The minimum atomic E-state index is -0.661. The maximum absolute atomic E-state index is 13.7. The van der Waals surface area contributed by atoms with Gasteiger partial charge >= 0.3 is 0 Å². The number of hydrogen-bond acceptors (Lipinski definition) is 2. The van der Waals surface area contributed by atoms with Crippen LogP contribution in [-0.4, -0.2) is 12.5 Å². The normalized spacial score (nSPS) is 11.8. The summed E-state index contributed by atoms with van der Waals surface area (Å²) < 4.78 is 32.1. The molecule has 1 N–H and O–H groups in total. The van der Waals surface area contributed by atoms with Crippen LogP contribution in [0.3, 0.4) is 0 Å². The summed E-state index contributed by atoms with van der Waals surface area (Å²) in [6, 6.07) is 10.5. The Labute approximate surface area is 140 Å². The molecule has 0 bridgehead atoms. The van der Waals surface area contributed by atoms with Crippen molar-refractivity contribution in [1.29, 1.82) is 0 Å². The molecule has 0 radical (unpaired) electrons. The first kappa shape index (κ1) is 17.9. The SMILES string of the molecule is Cc1cccc(OCCCC(=O)N[C@H](C)c2ccc(F)cc2F)c1. The number of nitrogens with one attached hydrogen (secondary N) is 1. The highest BCUT2D eigenvalue weighted by Gasteiger charge is 2.14. The number of carbonyl (C=O) groups is 1. The summed E-state index contributed by atoms with van der Waals surface area (Å²) >= 11 is 0. The highest BCUT2D eigenvalue weighted by molar-refractivity contribution is 5.76. The van der Waals surface area contributed by atoms with Crippen molar-refractivity contribution in [2.75, 3.05) is 6.61 Å². The second kappa shape index (κ2) is 8.43. The van der Waals surface area contributed by atoms with Crippen LogP contribution in [0.25, 0.3) is 0 Å². The molecule has 0 saturated carbocycles. The van der Waals surface area contributed by atoms with Gasteiger partial charge < -0.3 is 10.1 Å². The Morgan fingerprint density at radius 2 is 2.00 bits per heavy atom. The maximum atomic E-state index is 13.7. The van der Waals surface area contributed by atoms with Crippen molar-refractivity contribution >= 4 is 5.91 Å². The lowest BCUT2D eigenvalue weighted by atomic mass is 10.1. The fourth-order valence-electron chi connectivity index (χ4n) is 2.37. The predicted octanol–water partition coefficient (Wildman–Crippen LogP) is 4.31. The van der Waals surface area contributed by atoms with Crippen LogP contribution in [0, 0.1) is 18.6 Å². The first-order chi connectivity index (χ1) is 11.5. The molecular weight excluding hydrogens is 312 g/mol. The summed E-state index contributed by atoms with van der Waals surface area (Å²) in [5, 5.41) is 2.71. The van der Waals surface area contributed by atoms with Crippen molar-refractivity contribution in [2.45, 2.75) is 32.7 Å². The number of amides is 1. The van der Waals surface area contributed by atoms with E-state index in [2.05, 4.69) is 5.32 Å². The van der Waals surface area contributed by atoms with Gasteiger partial charge in [0.05, 0.1) is 12.6 Å². The van der Waals surface area contributed by atoms with Crippen molar-refractivity contribution in [3.05, 3.63) is 65.2 Å². The van der Waals surface area contributed by atoms with E-state index in [9.17, 15) is 13.6 Å². The first-order valence-electron chi connectivity index (χ1n) is 7.89. The van der Waals surface area contributed by atoms with E-state index < -0.39 is 17.7 Å². The Hall–Kier alpha value is -2.43. The molecule has 0 saturated heterocycles. The zero-order valence-electron chi connectivity index (χ0n) is 13.8. The van der Waals surface area contributed by atoms with Gasteiger partial charge in [0.15, 0.2) is 0 Å². The summed E-state index contributed by atoms with van der Waals surface area (Å²) in [6.45, 7) is 4.07. The second-order valence-corrected chi connectivity index (χ2v) is 5.72. The van der Waals surface area contributed by atoms with Crippen LogP contribution in [0.15, 0.2) is 42.5 Å². The van der Waals surface area contributed by atoms with E-state index in [1.54, 1.807) is 6.92 Å². The van der Waals surface area contributed by atoms with Crippen molar-refractivity contribution < 1.29 is 18.3 Å². The molecule has 2 rings (SSSR count). The minimum Gasteiger partial charge on any atom is -0.494 e. The average molecular weight is 333 g/mol. The molecule has 3 nitrogen and oxygen atoms in total. The lowest BCUT2D eigenvalue weighted by Crippen LogP contribution is -2.27. The van der Waals surface area contributed by atoms with Gasteiger partial charge in [-0.2, -0.15) is 0 Å². The van der Waals surface area contributed by atoms with Crippen LogP contribution in [0.5, 0.6) is 5.75 Å². The quantitative estimate of drug-likeness (QED) is 0.767. The number of hydrogen-bond donors (Lipinski definition) is 1. The Morgan fingerprint density at radius 1 is 1.21 bits per heavy atom. The molecule has 5 heteroatoms. The van der Waals surface area contributed by atoms with Gasteiger partial charge in [-0.1, -0.05) is 18.2 Å². The van der Waals surface area contributed by atoms with E-state index in [0.717, 1.165) is 17.4 Å². The minimum absolute atomic E-state index is 0.195. The highest BCUT2D eigenvalue weighted by Crippen LogP contribution is 2.18. The van der Waals surface area contributed by atoms with Crippen molar-refractivity contribution in [1.82, 2.24) is 5.32 Å². The zero-order valence-corrected chi connectivity index (χ0v) is 13.8. The lowest BCUT2D eigenvalue weighted by molar-refractivity contribution is -0.121. The van der Waals surface area contributed by atoms with E-state index in [0.29, 0.717) is 13.0 Å². The van der Waals surface area contributed by atoms with Crippen LogP contribution < -0.4 is 10.1 Å². The van der Waals surface area contributed by atoms with Crippen LogP contribution in [-0.2, 0) is 4.79 Å². The number of benzene rings is 2. The number of halogens is 2. The molecule has 0 unspecified atom stereocenters. The third-order valence-corrected chi connectivity index (χ3v) is 3.61. The van der Waals surface area contributed by atoms with Crippen LogP contribution in [0.4, 0.5) is 8.78 Å². The number of carbonyl (C=O) groups excluding carboxylic acids is 1. The summed E-state index contributed by atoms with van der Waals surface area (Å²) in [5.41, 5.74) is 1.38. The monoisotopic (exact) mass is 333 g/mol. The maximum Gasteiger partial charge on any atom is 0.220 e. The van der Waals surface area contributed by atoms with Crippen molar-refractivity contribution in [3.8, 4) is 5.75 Å². The molecule has 0 spiro atoms. The van der Waals surface area contributed by atoms with Crippen molar-refractivity contribution in [3.63, 3.8) is 0 Å². The van der Waals surface area contributed by atoms with E-state index in [-0.39, 0.29) is 17.9 Å². The molecule has 0 aliphatic rings. The molecule has 0 aliphatic heterocycles. The van der Waals surface area contributed by atoms with Crippen molar-refractivity contribution in [2.24, 2.45) is 0 Å². The summed E-state index contributed by atoms with van der Waals surface area (Å²) in [6.07, 6.45) is 0.831. The fourth-order valence-corrected chi connectivity index (χ4v) is 2.37. The standard InChI is InChI=1S/C19H21F2NO2/c1-13-5-3-6-16(11-13)24-10-4-7-19(23)22-14(2)17-9-8-15(20)12-18(17)21/h3,5-6,8-9,11-12,14H,4,7,10H2,1-2H3,(H,22,23)/t14-/m1/s1. The molecule has 2 aromatic rings. The number of aryl methyl sites for hydroxylation is 1. The van der Waals surface area contributed by atoms with Gasteiger partial charge in [0.2, 0.25) is 5.91 Å². The van der Waals surface area contributed by atoms with Gasteiger partial charge in [0.1, 0.15) is 17.4 Å². The molecular formula is C19H21F2NO2. The molecule has 24 heavy (non-hydrogen) atoms. The van der Waals surface area contributed by atoms with Gasteiger partial charge in [-0.05, 0) is 44.0 Å². The van der Waals surface area contributed by atoms with E-state index in [1.165, 1.54) is 12.1 Å². The van der Waals surface area contributed by atoms with Gasteiger partial charge in [0, 0.05) is 18.1 Å². The van der Waals surface area contributed by atoms with E-state index >= 15 is 0 Å².